The maximum atomic E-state index is 12.7. The summed E-state index contributed by atoms with van der Waals surface area (Å²) in [5.74, 6) is 0.735. The molecule has 2 fully saturated rings. The fraction of sp³-hybridized carbons (Fsp3) is 0.667. The Balaban J connectivity index is 1.44. The minimum Gasteiger partial charge on any atom is -0.496 e. The van der Waals surface area contributed by atoms with Gasteiger partial charge in [0.2, 0.25) is 0 Å². The lowest BCUT2D eigenvalue weighted by Gasteiger charge is -2.38. The van der Waals surface area contributed by atoms with Crippen molar-refractivity contribution in [3.63, 3.8) is 0 Å². The molecule has 0 saturated carbocycles. The van der Waals surface area contributed by atoms with E-state index in [1.165, 1.54) is 7.11 Å². The molecular formula is C24H37BrN4O5. The van der Waals surface area contributed by atoms with Crippen LogP contribution < -0.4 is 15.8 Å². The van der Waals surface area contributed by atoms with E-state index < -0.39 is 5.60 Å². The number of nitrogens with one attached hydrogen (secondary N) is 1. The van der Waals surface area contributed by atoms with E-state index in [4.69, 9.17) is 19.9 Å². The number of hydrogen-bond acceptors (Lipinski definition) is 7. The number of nitrogens with zero attached hydrogens (tertiary/aromatic N) is 2. The van der Waals surface area contributed by atoms with E-state index in [1.807, 2.05) is 25.7 Å². The Morgan fingerprint density at radius 1 is 1.24 bits per heavy atom. The third kappa shape index (κ3) is 7.48. The summed E-state index contributed by atoms with van der Waals surface area (Å²) in [6.45, 7) is 10.8. The monoisotopic (exact) mass is 540 g/mol. The first kappa shape index (κ1) is 26.6. The maximum absolute atomic E-state index is 12.7. The van der Waals surface area contributed by atoms with Crippen LogP contribution in [-0.2, 0) is 9.47 Å². The molecule has 10 heteroatoms. The van der Waals surface area contributed by atoms with E-state index in [1.54, 1.807) is 12.1 Å². The number of carbonyl (C=O) groups is 2. The van der Waals surface area contributed by atoms with Crippen LogP contribution in [0.4, 0.5) is 10.5 Å². The summed E-state index contributed by atoms with van der Waals surface area (Å²) in [7, 11) is 1.51. The van der Waals surface area contributed by atoms with Gasteiger partial charge in [0.15, 0.2) is 0 Å². The molecule has 0 spiro atoms. The number of morpholine rings is 1. The van der Waals surface area contributed by atoms with Crippen molar-refractivity contribution in [2.75, 3.05) is 58.7 Å². The molecule has 2 saturated heterocycles. The van der Waals surface area contributed by atoms with E-state index in [-0.39, 0.29) is 18.1 Å². The number of piperidine rings is 1. The van der Waals surface area contributed by atoms with Crippen LogP contribution in [0.15, 0.2) is 16.6 Å². The second-order valence-electron chi connectivity index (χ2n) is 9.95. The molecule has 2 amide bonds. The zero-order chi connectivity index (χ0) is 24.9. The molecule has 1 aromatic rings. The smallest absolute Gasteiger partial charge is 0.410 e. The fourth-order valence-electron chi connectivity index (χ4n) is 4.28. The summed E-state index contributed by atoms with van der Waals surface area (Å²) in [4.78, 5) is 29.2. The van der Waals surface area contributed by atoms with Crippen molar-refractivity contribution in [3.05, 3.63) is 22.2 Å². The highest BCUT2D eigenvalue weighted by molar-refractivity contribution is 9.10. The standard InChI is InChI=1S/C24H37BrN4O5/c1-24(2,3)34-23(31)29-7-5-16(6-8-29)14-28-9-10-33-17(15-28)13-27-22(30)18-11-19(25)20(26)12-21(18)32-4/h11-12,16-17H,5-10,13-15,26H2,1-4H3,(H,27,30). The highest BCUT2D eigenvalue weighted by Crippen LogP contribution is 2.29. The average molecular weight is 541 g/mol. The van der Waals surface area contributed by atoms with Gasteiger partial charge in [-0.25, -0.2) is 4.79 Å². The van der Waals surface area contributed by atoms with Crippen LogP contribution in [0.1, 0.15) is 44.0 Å². The second-order valence-corrected chi connectivity index (χ2v) is 10.8. The Morgan fingerprint density at radius 2 is 1.94 bits per heavy atom. The van der Waals surface area contributed by atoms with Gasteiger partial charge in [-0.1, -0.05) is 0 Å². The van der Waals surface area contributed by atoms with Crippen LogP contribution >= 0.6 is 15.9 Å². The summed E-state index contributed by atoms with van der Waals surface area (Å²) < 4.78 is 17.3. The Kier molecular flexibility index (Phi) is 9.06. The molecule has 0 radical (unpaired) electrons. The quantitative estimate of drug-likeness (QED) is 0.533. The van der Waals surface area contributed by atoms with Gasteiger partial charge in [-0.2, -0.15) is 0 Å². The van der Waals surface area contributed by atoms with E-state index in [0.29, 0.717) is 40.5 Å². The lowest BCUT2D eigenvalue weighted by atomic mass is 9.96. The second kappa shape index (κ2) is 11.6. The van der Waals surface area contributed by atoms with Crippen molar-refractivity contribution in [3.8, 4) is 5.75 Å². The molecule has 2 aliphatic heterocycles. The van der Waals surface area contributed by atoms with Crippen LogP contribution in [0, 0.1) is 5.92 Å². The summed E-state index contributed by atoms with van der Waals surface area (Å²) in [6.07, 6.45) is 1.62. The lowest BCUT2D eigenvalue weighted by Crippen LogP contribution is -2.50. The largest absolute Gasteiger partial charge is 0.496 e. The maximum Gasteiger partial charge on any atom is 0.410 e. The van der Waals surface area contributed by atoms with E-state index in [2.05, 4.69) is 26.1 Å². The number of methoxy groups -OCH3 is 1. The number of benzene rings is 1. The van der Waals surface area contributed by atoms with E-state index in [0.717, 1.165) is 45.6 Å². The molecule has 2 heterocycles. The molecular weight excluding hydrogens is 504 g/mol. The summed E-state index contributed by atoms with van der Waals surface area (Å²) in [5, 5.41) is 2.96. The van der Waals surface area contributed by atoms with E-state index >= 15 is 0 Å². The number of halogens is 1. The molecule has 0 bridgehead atoms. The van der Waals surface area contributed by atoms with Gasteiger partial charge in [-0.3, -0.25) is 9.69 Å². The first-order valence-electron chi connectivity index (χ1n) is 11.8. The number of ether oxygens (including phenoxy) is 3. The highest BCUT2D eigenvalue weighted by Gasteiger charge is 2.29. The van der Waals surface area contributed by atoms with Crippen molar-refractivity contribution < 1.29 is 23.8 Å². The Hall–Kier alpha value is -2.04. The van der Waals surface area contributed by atoms with Crippen molar-refractivity contribution in [2.45, 2.75) is 45.3 Å². The van der Waals surface area contributed by atoms with Crippen LogP contribution in [0.3, 0.4) is 0 Å². The molecule has 3 N–H and O–H groups in total. The Morgan fingerprint density at radius 3 is 2.59 bits per heavy atom. The van der Waals surface area contributed by atoms with Crippen molar-refractivity contribution in [1.82, 2.24) is 15.1 Å². The van der Waals surface area contributed by atoms with Gasteiger partial charge >= 0.3 is 6.09 Å². The predicted octanol–water partition coefficient (Wildman–Crippen LogP) is 3.12. The van der Waals surface area contributed by atoms with Crippen LogP contribution in [-0.4, -0.2) is 86.5 Å². The van der Waals surface area contributed by atoms with Crippen molar-refractivity contribution >= 4 is 33.6 Å². The Labute approximate surface area is 210 Å². The van der Waals surface area contributed by atoms with Gasteiger partial charge in [0.05, 0.1) is 25.4 Å². The number of anilines is 1. The number of nitrogen functional groups attached to an aromatic ring is 1. The number of likely N-dealkylation sites (tertiary alicyclic amines) is 1. The zero-order valence-electron chi connectivity index (χ0n) is 20.6. The van der Waals surface area contributed by atoms with Gasteiger partial charge in [-0.05, 0) is 61.5 Å². The van der Waals surface area contributed by atoms with E-state index in [9.17, 15) is 9.59 Å². The minimum absolute atomic E-state index is 0.0808. The molecule has 0 aromatic heterocycles. The van der Waals surface area contributed by atoms with Crippen LogP contribution in [0.25, 0.3) is 0 Å². The number of nitrogens with two attached hydrogens (primary N) is 1. The SMILES string of the molecule is COc1cc(N)c(Br)cc1C(=O)NCC1CN(CC2CCN(C(=O)OC(C)(C)C)CC2)CCO1. The first-order chi connectivity index (χ1) is 16.1. The van der Waals surface area contributed by atoms with Gasteiger partial charge < -0.3 is 30.2 Å². The minimum atomic E-state index is -0.471. The predicted molar refractivity (Wildman–Crippen MR) is 134 cm³/mol. The topological polar surface area (TPSA) is 106 Å². The fourth-order valence-corrected chi connectivity index (χ4v) is 4.62. The highest BCUT2D eigenvalue weighted by atomic mass is 79.9. The van der Waals surface area contributed by atoms with Gasteiger partial charge in [-0.15, -0.1) is 0 Å². The molecule has 1 unspecified atom stereocenters. The number of hydrogen-bond donors (Lipinski definition) is 2. The van der Waals surface area contributed by atoms with Crippen molar-refractivity contribution in [2.24, 2.45) is 5.92 Å². The average Bonchev–Trinajstić information content (AvgIpc) is 2.78. The zero-order valence-corrected chi connectivity index (χ0v) is 22.2. The molecule has 9 nitrogen and oxygen atoms in total. The van der Waals surface area contributed by atoms with Gasteiger partial charge in [0.1, 0.15) is 11.4 Å². The molecule has 1 aromatic carbocycles. The molecule has 190 valence electrons. The number of amides is 2. The third-order valence-corrected chi connectivity index (χ3v) is 6.75. The van der Waals surface area contributed by atoms with Crippen molar-refractivity contribution in [1.29, 1.82) is 0 Å². The number of rotatable bonds is 6. The molecule has 34 heavy (non-hydrogen) atoms. The molecule has 1 atom stereocenters. The third-order valence-electron chi connectivity index (χ3n) is 6.06. The van der Waals surface area contributed by atoms with Crippen LogP contribution in [0.2, 0.25) is 0 Å². The number of carbonyl (C=O) groups excluding carboxylic acids is 2. The lowest BCUT2D eigenvalue weighted by molar-refractivity contribution is -0.0342. The molecule has 0 aliphatic carbocycles. The summed E-state index contributed by atoms with van der Waals surface area (Å²) >= 11 is 3.36. The molecule has 3 rings (SSSR count). The Bertz CT molecular complexity index is 868. The summed E-state index contributed by atoms with van der Waals surface area (Å²) in [5.41, 5.74) is 6.35. The van der Waals surface area contributed by atoms with Gasteiger partial charge in [0.25, 0.3) is 5.91 Å². The molecule has 2 aliphatic rings. The summed E-state index contributed by atoms with van der Waals surface area (Å²) in [6, 6.07) is 3.30. The first-order valence-corrected chi connectivity index (χ1v) is 12.6. The normalized spacial score (nSPS) is 20.1. The van der Waals surface area contributed by atoms with Gasteiger partial charge in [0, 0.05) is 55.5 Å². The van der Waals surface area contributed by atoms with Crippen LogP contribution in [0.5, 0.6) is 5.75 Å².